The second kappa shape index (κ2) is 39.3. The fraction of sp³-hybridized carbons (Fsp3) is 0.379. The molecule has 9 heterocycles. The molecule has 6 aliphatic heterocycles. The number of methoxy groups -OCH3 is 3. The summed E-state index contributed by atoms with van der Waals surface area (Å²) in [6, 6.07) is 26.6. The summed E-state index contributed by atoms with van der Waals surface area (Å²) in [4.78, 5) is 112. The topological polar surface area (TPSA) is 327 Å². The minimum Gasteiger partial charge on any atom is -0.495 e. The lowest BCUT2D eigenvalue weighted by atomic mass is 10.0. The molecule has 0 unspecified atom stereocenters. The number of aromatic nitrogens is 6. The molecule has 6 amide bonds. The number of likely N-dealkylation sites (tertiary alicyclic amines) is 3. The molecule has 15 rings (SSSR count). The molecule has 3 saturated heterocycles. The Bertz CT molecular complexity index is 5600. The van der Waals surface area contributed by atoms with Crippen molar-refractivity contribution in [1.29, 1.82) is 0 Å². The number of rotatable bonds is 24. The van der Waals surface area contributed by atoms with Crippen molar-refractivity contribution in [3.63, 3.8) is 0 Å². The average Bonchev–Trinajstić information content (AvgIpc) is 1.71. The van der Waals surface area contributed by atoms with Crippen LogP contribution in [0.1, 0.15) is 155 Å². The van der Waals surface area contributed by atoms with Crippen LogP contribution in [-0.2, 0) is 38.2 Å². The van der Waals surface area contributed by atoms with Gasteiger partial charge in [-0.2, -0.15) is 54.5 Å². The number of hydrogen-bond donors (Lipinski definition) is 6. The molecular formula is C87H92ClF9N18O12. The van der Waals surface area contributed by atoms with Crippen LogP contribution >= 0.6 is 11.6 Å². The summed E-state index contributed by atoms with van der Waals surface area (Å²) in [5, 5.41) is 17.7. The van der Waals surface area contributed by atoms with E-state index in [1.165, 1.54) is 73.6 Å². The predicted molar refractivity (Wildman–Crippen MR) is 450 cm³/mol. The number of carbonyl (C=O) groups excluding carboxylic acids is 6. The fourth-order valence-corrected chi connectivity index (χ4v) is 15.5. The van der Waals surface area contributed by atoms with E-state index in [9.17, 15) is 68.3 Å². The molecule has 127 heavy (non-hydrogen) atoms. The van der Waals surface area contributed by atoms with Crippen molar-refractivity contribution in [3.8, 4) is 52.1 Å². The van der Waals surface area contributed by atoms with Crippen molar-refractivity contribution in [2.24, 2.45) is 0 Å². The van der Waals surface area contributed by atoms with Gasteiger partial charge in [-0.1, -0.05) is 61.8 Å². The average molecular weight is 1790 g/mol. The Morgan fingerprint density at radius 1 is 0.425 bits per heavy atom. The molecule has 6 aliphatic rings. The Morgan fingerprint density at radius 3 is 1.13 bits per heavy atom. The number of halogens is 10. The van der Waals surface area contributed by atoms with Crippen LogP contribution < -0.4 is 60.3 Å². The smallest absolute Gasteiger partial charge is 0.423 e. The maximum atomic E-state index is 13.9. The first-order valence-corrected chi connectivity index (χ1v) is 41.1. The van der Waals surface area contributed by atoms with Gasteiger partial charge in [-0.25, -0.2) is 15.0 Å². The Morgan fingerprint density at radius 2 is 0.772 bits per heavy atom. The highest BCUT2D eigenvalue weighted by molar-refractivity contribution is 6.34. The normalized spacial score (nSPS) is 15.8. The summed E-state index contributed by atoms with van der Waals surface area (Å²) < 4.78 is 158. The van der Waals surface area contributed by atoms with Gasteiger partial charge in [-0.05, 0) is 162 Å². The molecule has 0 atom stereocenters. The zero-order chi connectivity index (χ0) is 90.9. The zero-order valence-electron chi connectivity index (χ0n) is 70.6. The van der Waals surface area contributed by atoms with E-state index in [4.69, 9.17) is 40.0 Å². The van der Waals surface area contributed by atoms with Gasteiger partial charge in [-0.3, -0.25) is 28.8 Å². The summed E-state index contributed by atoms with van der Waals surface area (Å²) in [7, 11) is 9.42. The highest BCUT2D eigenvalue weighted by Gasteiger charge is 2.42. The van der Waals surface area contributed by atoms with Gasteiger partial charge in [0.05, 0.1) is 65.7 Å². The van der Waals surface area contributed by atoms with Crippen molar-refractivity contribution in [2.75, 3.05) is 117 Å². The van der Waals surface area contributed by atoms with Gasteiger partial charge >= 0.3 is 18.5 Å². The molecule has 0 saturated carbocycles. The highest BCUT2D eigenvalue weighted by Crippen LogP contribution is 2.46. The minimum atomic E-state index is -4.84. The van der Waals surface area contributed by atoms with Gasteiger partial charge in [0.2, 0.25) is 35.5 Å². The molecule has 3 fully saturated rings. The second-order valence-corrected chi connectivity index (χ2v) is 31.1. The number of alkyl halides is 9. The van der Waals surface area contributed by atoms with Crippen LogP contribution in [0, 0.1) is 0 Å². The number of hydrogen-bond acceptors (Lipinski definition) is 24. The van der Waals surface area contributed by atoms with Crippen LogP contribution in [-0.4, -0.2) is 214 Å². The Balaban J connectivity index is 0.000000163. The molecule has 0 spiro atoms. The fourth-order valence-electron chi connectivity index (χ4n) is 15.2. The summed E-state index contributed by atoms with van der Waals surface area (Å²) >= 11 is 6.47. The van der Waals surface area contributed by atoms with Crippen molar-refractivity contribution in [1.82, 2.24) is 75.3 Å². The number of nitrogens with one attached hydrogen (secondary N) is 6. The molecule has 672 valence electrons. The number of nitrogens with zero attached hydrogens (tertiary/aromatic N) is 12. The number of fused-ring (bicyclic) bond motifs is 3. The van der Waals surface area contributed by atoms with Gasteiger partial charge < -0.3 is 89.7 Å². The number of benzene rings is 6. The molecule has 6 aromatic carbocycles. The van der Waals surface area contributed by atoms with E-state index in [0.29, 0.717) is 84.0 Å². The van der Waals surface area contributed by atoms with E-state index < -0.39 is 52.9 Å². The standard InChI is InChI=1S/C29H30ClF3N6O4.2C29H31F3N6O4/c1-4-39-10-8-17(9-11-39)35-25(40)18-12-23(42-3)21(13-20(18)30)36-28-34-14-19(29(31,32)33)26(37-28)43-22-7-5-6-16-15-38(2)27(41)24(16)22;1-4-38-12-10-19(11-13-38)34-25(39)17-8-9-21(23(14-17)41-3)35-28-33-15-20(29(30,31)32)26(36-28)42-22-7-5-6-18-16-37(2)27(40)24(18)22;1-4-38-16-18-6-5-7-22(24(18)27(38)40)42-26-20(29(30,31)32)15-33-28(36-26)35-21-9-8-17(14-23(21)41-3)25(39)34-19-10-12-37(2)13-11-19/h5-7,12-14,17H,4,8-11,15H2,1-3H3,(H,35,40)(H,34,36,37);2*5-9,14-15,19H,4,10-13,16H2,1-3H3,(H,34,39)(H,33,35,36). The quantitative estimate of drug-likeness (QED) is 0.0306. The van der Waals surface area contributed by atoms with Crippen molar-refractivity contribution in [3.05, 3.63) is 194 Å². The Labute approximate surface area is 729 Å². The minimum absolute atomic E-state index is 0.00988. The molecule has 0 aliphatic carbocycles. The van der Waals surface area contributed by atoms with Gasteiger partial charge in [0.15, 0.2) is 0 Å². The Hall–Kier alpha value is -12.9. The van der Waals surface area contributed by atoms with E-state index in [1.54, 1.807) is 79.7 Å². The zero-order valence-corrected chi connectivity index (χ0v) is 71.3. The Kier molecular flexibility index (Phi) is 28.4. The first-order valence-electron chi connectivity index (χ1n) is 40.7. The van der Waals surface area contributed by atoms with Gasteiger partial charge in [0.1, 0.15) is 51.2 Å². The van der Waals surface area contributed by atoms with Crippen LogP contribution in [0.4, 0.5) is 74.4 Å². The molecule has 0 radical (unpaired) electrons. The number of ether oxygens (including phenoxy) is 6. The maximum Gasteiger partial charge on any atom is 0.423 e. The van der Waals surface area contributed by atoms with Crippen LogP contribution in [0.25, 0.3) is 0 Å². The second-order valence-electron chi connectivity index (χ2n) is 30.7. The van der Waals surface area contributed by atoms with Crippen LogP contribution in [0.15, 0.2) is 122 Å². The van der Waals surface area contributed by atoms with E-state index in [2.05, 4.69) is 90.4 Å². The number of anilines is 6. The summed E-state index contributed by atoms with van der Waals surface area (Å²) in [6.45, 7) is 14.8. The third-order valence-corrected chi connectivity index (χ3v) is 22.6. The summed E-state index contributed by atoms with van der Waals surface area (Å²) in [5.41, 5.74) is 0.663. The predicted octanol–water partition coefficient (Wildman–Crippen LogP) is 15.2. The number of piperidine rings is 3. The third-order valence-electron chi connectivity index (χ3n) is 22.3. The SMILES string of the molecule is CCN1CCC(NC(=O)c2cc(OC)c(Nc3ncc(C(F)(F)F)c(Oc4cccc5c4C(=O)N(C)C5)n3)cc2Cl)CC1.CCN1CCC(NC(=O)c2ccc(Nc3ncc(C(F)(F)F)c(Oc4cccc5c4C(=O)N(C)C5)n3)c(OC)c2)CC1.CCN1Cc2cccc(Oc3nc(Nc4ccc(C(=O)NC5CCN(C)CC5)cc4OC)ncc3C(F)(F)F)c2C1=O. The third kappa shape index (κ3) is 21.6. The molecule has 3 aromatic heterocycles. The molecular weight excluding hydrogens is 1700 g/mol. The first kappa shape index (κ1) is 91.8. The maximum absolute atomic E-state index is 13.9. The van der Waals surface area contributed by atoms with Crippen LogP contribution in [0.5, 0.6) is 52.1 Å². The molecule has 6 N–H and O–H groups in total. The van der Waals surface area contributed by atoms with Crippen molar-refractivity contribution in [2.45, 2.75) is 116 Å². The summed E-state index contributed by atoms with van der Waals surface area (Å²) in [6.07, 6.45) is -7.58. The molecule has 40 heteroatoms. The van der Waals surface area contributed by atoms with E-state index in [-0.39, 0.29) is 139 Å². The lowest BCUT2D eigenvalue weighted by molar-refractivity contribution is -0.140. The van der Waals surface area contributed by atoms with E-state index in [0.717, 1.165) is 90.9 Å². The van der Waals surface area contributed by atoms with Crippen molar-refractivity contribution < 1.29 is 96.7 Å². The van der Waals surface area contributed by atoms with E-state index >= 15 is 0 Å². The van der Waals surface area contributed by atoms with E-state index in [1.807, 2.05) is 14.0 Å². The largest absolute Gasteiger partial charge is 0.495 e. The monoisotopic (exact) mass is 1790 g/mol. The van der Waals surface area contributed by atoms with Gasteiger partial charge in [-0.15, -0.1) is 0 Å². The molecule has 0 bridgehead atoms. The number of carbonyl (C=O) groups is 6. The summed E-state index contributed by atoms with van der Waals surface area (Å²) in [5.74, 6) is -4.28. The van der Waals surface area contributed by atoms with Crippen LogP contribution in [0.3, 0.4) is 0 Å². The highest BCUT2D eigenvalue weighted by atomic mass is 35.5. The molecule has 30 nitrogen and oxygen atoms in total. The lowest BCUT2D eigenvalue weighted by Crippen LogP contribution is -2.44. The molecule has 9 aromatic rings. The number of amides is 6. The first-order chi connectivity index (χ1) is 60.6. The van der Waals surface area contributed by atoms with Gasteiger partial charge in [0.25, 0.3) is 35.4 Å². The van der Waals surface area contributed by atoms with Crippen LogP contribution in [0.2, 0.25) is 5.02 Å². The van der Waals surface area contributed by atoms with Gasteiger partial charge in [0, 0.05) is 114 Å². The lowest BCUT2D eigenvalue weighted by Gasteiger charge is -2.31. The van der Waals surface area contributed by atoms with Crippen molar-refractivity contribution >= 4 is 82.0 Å².